The molecular weight excluding hydrogens is 170 g/mol. The number of esters is 1. The van der Waals surface area contributed by atoms with Crippen LogP contribution in [-0.4, -0.2) is 25.3 Å². The van der Waals surface area contributed by atoms with E-state index in [1.165, 1.54) is 7.11 Å². The molecule has 0 saturated carbocycles. The fourth-order valence-corrected chi connectivity index (χ4v) is 0.793. The van der Waals surface area contributed by atoms with E-state index in [2.05, 4.69) is 4.74 Å². The summed E-state index contributed by atoms with van der Waals surface area (Å²) in [6.45, 7) is 0. The van der Waals surface area contributed by atoms with E-state index >= 15 is 0 Å². The predicted molar refractivity (Wildman–Crippen MR) is 50.3 cm³/mol. The van der Waals surface area contributed by atoms with E-state index in [-0.39, 0.29) is 0 Å². The van der Waals surface area contributed by atoms with Gasteiger partial charge in [-0.1, -0.05) is 12.1 Å². The molecule has 0 spiro atoms. The normalized spacial score (nSPS) is 8.23. The molecule has 13 heavy (non-hydrogen) atoms. The SMILES string of the molecule is CO.COC(=O)c1ccccc1N. The molecule has 72 valence electrons. The van der Waals surface area contributed by atoms with Gasteiger partial charge in [0.25, 0.3) is 0 Å². The monoisotopic (exact) mass is 183 g/mol. The first kappa shape index (κ1) is 11.4. The molecule has 0 aliphatic heterocycles. The molecule has 0 aliphatic rings. The van der Waals surface area contributed by atoms with E-state index < -0.39 is 5.97 Å². The van der Waals surface area contributed by atoms with Crippen LogP contribution in [0.15, 0.2) is 24.3 Å². The highest BCUT2D eigenvalue weighted by molar-refractivity contribution is 5.94. The van der Waals surface area contributed by atoms with Crippen molar-refractivity contribution in [2.75, 3.05) is 20.0 Å². The number of carbonyl (C=O) groups is 1. The molecular formula is C9H13NO3. The molecule has 0 unspecified atom stereocenters. The van der Waals surface area contributed by atoms with Gasteiger partial charge in [-0.2, -0.15) is 0 Å². The number of nitrogen functional groups attached to an aromatic ring is 1. The third kappa shape index (κ3) is 3.13. The topological polar surface area (TPSA) is 72.5 Å². The van der Waals surface area contributed by atoms with Gasteiger partial charge in [0, 0.05) is 12.8 Å². The zero-order chi connectivity index (χ0) is 10.3. The summed E-state index contributed by atoms with van der Waals surface area (Å²) in [5.41, 5.74) is 6.35. The molecule has 1 rings (SSSR count). The summed E-state index contributed by atoms with van der Waals surface area (Å²) in [7, 11) is 2.33. The smallest absolute Gasteiger partial charge is 0.339 e. The second kappa shape index (κ2) is 6.02. The van der Waals surface area contributed by atoms with Crippen LogP contribution >= 0.6 is 0 Å². The number of benzene rings is 1. The first-order valence-corrected chi connectivity index (χ1v) is 3.63. The number of anilines is 1. The quantitative estimate of drug-likeness (QED) is 0.495. The van der Waals surface area contributed by atoms with Crippen LogP contribution in [-0.2, 0) is 4.74 Å². The van der Waals surface area contributed by atoms with Gasteiger partial charge in [-0.15, -0.1) is 0 Å². The molecule has 0 atom stereocenters. The highest BCUT2D eigenvalue weighted by Crippen LogP contribution is 2.10. The third-order valence-corrected chi connectivity index (χ3v) is 1.37. The molecule has 4 nitrogen and oxygen atoms in total. The van der Waals surface area contributed by atoms with Crippen molar-refractivity contribution in [1.82, 2.24) is 0 Å². The molecule has 3 N–H and O–H groups in total. The number of aliphatic hydroxyl groups is 1. The Hall–Kier alpha value is -1.55. The van der Waals surface area contributed by atoms with Crippen LogP contribution < -0.4 is 5.73 Å². The molecule has 4 heteroatoms. The lowest BCUT2D eigenvalue weighted by Crippen LogP contribution is -2.04. The van der Waals surface area contributed by atoms with Gasteiger partial charge in [-0.3, -0.25) is 0 Å². The molecule has 0 aliphatic carbocycles. The van der Waals surface area contributed by atoms with Crippen molar-refractivity contribution in [3.05, 3.63) is 29.8 Å². The van der Waals surface area contributed by atoms with E-state index in [1.807, 2.05) is 0 Å². The average molecular weight is 183 g/mol. The summed E-state index contributed by atoms with van der Waals surface area (Å²) >= 11 is 0. The summed E-state index contributed by atoms with van der Waals surface area (Å²) in [6.07, 6.45) is 0. The first-order valence-electron chi connectivity index (χ1n) is 3.63. The molecule has 0 amide bonds. The largest absolute Gasteiger partial charge is 0.465 e. The van der Waals surface area contributed by atoms with E-state index in [0.29, 0.717) is 11.3 Å². The standard InChI is InChI=1S/C8H9NO2.CH4O/c1-11-8(10)6-4-2-3-5-7(6)9;1-2/h2-5H,9H2,1H3;2H,1H3. The fraction of sp³-hybridized carbons (Fsp3) is 0.222. The Morgan fingerprint density at radius 2 is 1.92 bits per heavy atom. The van der Waals surface area contributed by atoms with Crippen molar-refractivity contribution < 1.29 is 14.6 Å². The number of methoxy groups -OCH3 is 1. The molecule has 0 heterocycles. The fourth-order valence-electron chi connectivity index (χ4n) is 0.793. The Balaban J connectivity index is 0.000000671. The maximum absolute atomic E-state index is 10.9. The molecule has 0 aromatic heterocycles. The summed E-state index contributed by atoms with van der Waals surface area (Å²) in [5, 5.41) is 7.00. The predicted octanol–water partition coefficient (Wildman–Crippen LogP) is 0.664. The highest BCUT2D eigenvalue weighted by atomic mass is 16.5. The summed E-state index contributed by atoms with van der Waals surface area (Å²) in [4.78, 5) is 10.9. The maximum Gasteiger partial charge on any atom is 0.339 e. The zero-order valence-electron chi connectivity index (χ0n) is 7.65. The van der Waals surface area contributed by atoms with Crippen LogP contribution in [0.1, 0.15) is 10.4 Å². The van der Waals surface area contributed by atoms with Gasteiger partial charge in [-0.25, -0.2) is 4.79 Å². The van der Waals surface area contributed by atoms with Gasteiger partial charge < -0.3 is 15.6 Å². The van der Waals surface area contributed by atoms with Crippen LogP contribution in [0.4, 0.5) is 5.69 Å². The zero-order valence-corrected chi connectivity index (χ0v) is 7.65. The van der Waals surface area contributed by atoms with Crippen LogP contribution in [0.2, 0.25) is 0 Å². The lowest BCUT2D eigenvalue weighted by molar-refractivity contribution is 0.0602. The molecule has 1 aromatic carbocycles. The minimum atomic E-state index is -0.400. The second-order valence-electron chi connectivity index (χ2n) is 2.08. The van der Waals surface area contributed by atoms with E-state index in [0.717, 1.165) is 7.11 Å². The van der Waals surface area contributed by atoms with Gasteiger partial charge in [-0.05, 0) is 12.1 Å². The van der Waals surface area contributed by atoms with Gasteiger partial charge >= 0.3 is 5.97 Å². The Morgan fingerprint density at radius 3 is 2.38 bits per heavy atom. The van der Waals surface area contributed by atoms with Crippen LogP contribution in [0, 0.1) is 0 Å². The van der Waals surface area contributed by atoms with Crippen molar-refractivity contribution in [2.24, 2.45) is 0 Å². The Bertz CT molecular complexity index is 273. The number of rotatable bonds is 1. The maximum atomic E-state index is 10.9. The number of hydrogen-bond acceptors (Lipinski definition) is 4. The highest BCUT2D eigenvalue weighted by Gasteiger charge is 2.06. The molecule has 0 radical (unpaired) electrons. The van der Waals surface area contributed by atoms with Crippen molar-refractivity contribution in [2.45, 2.75) is 0 Å². The first-order chi connectivity index (χ1) is 6.25. The van der Waals surface area contributed by atoms with E-state index in [4.69, 9.17) is 10.8 Å². The Morgan fingerprint density at radius 1 is 1.38 bits per heavy atom. The van der Waals surface area contributed by atoms with Crippen LogP contribution in [0.5, 0.6) is 0 Å². The number of ether oxygens (including phenoxy) is 1. The third-order valence-electron chi connectivity index (χ3n) is 1.37. The molecule has 0 bridgehead atoms. The number of para-hydroxylation sites is 1. The van der Waals surface area contributed by atoms with Crippen LogP contribution in [0.25, 0.3) is 0 Å². The van der Waals surface area contributed by atoms with E-state index in [1.54, 1.807) is 24.3 Å². The van der Waals surface area contributed by atoms with Crippen molar-refractivity contribution in [3.63, 3.8) is 0 Å². The molecule has 1 aromatic rings. The van der Waals surface area contributed by atoms with Gasteiger partial charge in [0.1, 0.15) is 0 Å². The Labute approximate surface area is 76.9 Å². The van der Waals surface area contributed by atoms with E-state index in [9.17, 15) is 4.79 Å². The van der Waals surface area contributed by atoms with Crippen molar-refractivity contribution >= 4 is 11.7 Å². The lowest BCUT2D eigenvalue weighted by atomic mass is 10.2. The summed E-state index contributed by atoms with van der Waals surface area (Å²) < 4.78 is 4.50. The summed E-state index contributed by atoms with van der Waals surface area (Å²) in [6, 6.07) is 6.79. The Kier molecular flexibility index (Phi) is 5.30. The second-order valence-corrected chi connectivity index (χ2v) is 2.08. The summed E-state index contributed by atoms with van der Waals surface area (Å²) in [5.74, 6) is -0.400. The van der Waals surface area contributed by atoms with Crippen molar-refractivity contribution in [3.8, 4) is 0 Å². The van der Waals surface area contributed by atoms with Gasteiger partial charge in [0.2, 0.25) is 0 Å². The van der Waals surface area contributed by atoms with Crippen molar-refractivity contribution in [1.29, 1.82) is 0 Å². The molecule has 0 fully saturated rings. The molecule has 0 saturated heterocycles. The average Bonchev–Trinajstić information content (AvgIpc) is 2.20. The number of nitrogens with two attached hydrogens (primary N) is 1. The van der Waals surface area contributed by atoms with Gasteiger partial charge in [0.15, 0.2) is 0 Å². The number of carbonyl (C=O) groups excluding carboxylic acids is 1. The lowest BCUT2D eigenvalue weighted by Gasteiger charge is -2.00. The minimum Gasteiger partial charge on any atom is -0.465 e. The van der Waals surface area contributed by atoms with Crippen LogP contribution in [0.3, 0.4) is 0 Å². The minimum absolute atomic E-state index is 0.400. The number of aliphatic hydroxyl groups excluding tert-OH is 1. The van der Waals surface area contributed by atoms with Gasteiger partial charge in [0.05, 0.1) is 12.7 Å². The number of hydrogen-bond donors (Lipinski definition) is 2.